The third-order valence-corrected chi connectivity index (χ3v) is 3.85. The zero-order valence-corrected chi connectivity index (χ0v) is 12.6. The molecule has 3 rings (SSSR count). The van der Waals surface area contributed by atoms with Gasteiger partial charge < -0.3 is 16.5 Å². The quantitative estimate of drug-likeness (QED) is 0.509. The minimum absolute atomic E-state index is 0.212. The summed E-state index contributed by atoms with van der Waals surface area (Å²) in [7, 11) is 0. The molecule has 0 bridgehead atoms. The maximum absolute atomic E-state index is 12.5. The smallest absolute Gasteiger partial charge is 0.256 e. The first-order valence-electron chi connectivity index (χ1n) is 7.38. The number of hydrogen-bond acceptors (Lipinski definition) is 1. The highest BCUT2D eigenvalue weighted by Gasteiger charge is 2.22. The summed E-state index contributed by atoms with van der Waals surface area (Å²) in [5, 5.41) is 1.10. The van der Waals surface area contributed by atoms with Crippen molar-refractivity contribution in [2.45, 2.75) is 12.3 Å². The van der Waals surface area contributed by atoms with Crippen LogP contribution in [-0.4, -0.2) is 16.9 Å². The number of carbonyl (C=O) groups excluding carboxylic acids is 1. The maximum Gasteiger partial charge on any atom is 0.256 e. The molecule has 0 fully saturated rings. The van der Waals surface area contributed by atoms with E-state index >= 15 is 0 Å². The Morgan fingerprint density at radius 2 is 1.83 bits per heavy atom. The molecule has 3 aromatic rings. The number of nitrogens with one attached hydrogen (secondary N) is 1. The first-order valence-corrected chi connectivity index (χ1v) is 7.38. The number of rotatable bonds is 4. The standard InChI is InChI=1S/C18H18N4O/c19-18(20)22-17(23)15(12-5-2-1-3-6-12)11-13-7-4-8-16-14(13)9-10-21-16/h1-10,15,21H,11H2,(H4,19,20,22,23). The average Bonchev–Trinajstić information content (AvgIpc) is 3.02. The highest BCUT2D eigenvalue weighted by molar-refractivity contribution is 5.95. The van der Waals surface area contributed by atoms with E-state index < -0.39 is 5.92 Å². The molecule has 5 N–H and O–H groups in total. The van der Waals surface area contributed by atoms with Crippen molar-refractivity contribution in [1.29, 1.82) is 0 Å². The molecule has 23 heavy (non-hydrogen) atoms. The topological polar surface area (TPSA) is 97.3 Å². The lowest BCUT2D eigenvalue weighted by atomic mass is 9.90. The summed E-state index contributed by atoms with van der Waals surface area (Å²) < 4.78 is 0. The van der Waals surface area contributed by atoms with Gasteiger partial charge in [-0.2, -0.15) is 4.99 Å². The normalized spacial score (nSPS) is 12.0. The monoisotopic (exact) mass is 306 g/mol. The second-order valence-corrected chi connectivity index (χ2v) is 5.40. The predicted molar refractivity (Wildman–Crippen MR) is 92.0 cm³/mol. The van der Waals surface area contributed by atoms with Crippen LogP contribution in [0.5, 0.6) is 0 Å². The van der Waals surface area contributed by atoms with E-state index in [0.29, 0.717) is 6.42 Å². The van der Waals surface area contributed by atoms with Crippen LogP contribution in [0.3, 0.4) is 0 Å². The Hall–Kier alpha value is -3.08. The third kappa shape index (κ3) is 3.23. The van der Waals surface area contributed by atoms with E-state index in [1.165, 1.54) is 0 Å². The van der Waals surface area contributed by atoms with Crippen LogP contribution in [0.15, 0.2) is 65.8 Å². The fourth-order valence-electron chi connectivity index (χ4n) is 2.79. The number of aliphatic imine (C=N–C) groups is 1. The van der Waals surface area contributed by atoms with Crippen LogP contribution in [0.25, 0.3) is 10.9 Å². The molecule has 1 unspecified atom stereocenters. The molecule has 1 amide bonds. The van der Waals surface area contributed by atoms with E-state index in [4.69, 9.17) is 11.5 Å². The zero-order chi connectivity index (χ0) is 16.2. The average molecular weight is 306 g/mol. The lowest BCUT2D eigenvalue weighted by Gasteiger charge is -2.15. The Labute approximate surface area is 134 Å². The number of H-pyrrole nitrogens is 1. The maximum atomic E-state index is 12.5. The van der Waals surface area contributed by atoms with Crippen molar-refractivity contribution in [3.8, 4) is 0 Å². The number of amides is 1. The van der Waals surface area contributed by atoms with Gasteiger partial charge in [-0.05, 0) is 29.7 Å². The van der Waals surface area contributed by atoms with Crippen LogP contribution in [0.4, 0.5) is 0 Å². The Bertz CT molecular complexity index is 848. The van der Waals surface area contributed by atoms with Crippen LogP contribution < -0.4 is 11.5 Å². The first-order chi connectivity index (χ1) is 11.1. The van der Waals surface area contributed by atoms with Gasteiger partial charge in [-0.15, -0.1) is 0 Å². The predicted octanol–water partition coefficient (Wildman–Crippen LogP) is 2.29. The summed E-state index contributed by atoms with van der Waals surface area (Å²) in [5.74, 6) is -0.960. The van der Waals surface area contributed by atoms with Crippen molar-refractivity contribution in [3.05, 3.63) is 71.9 Å². The molecule has 0 saturated heterocycles. The molecule has 1 heterocycles. The van der Waals surface area contributed by atoms with Gasteiger partial charge in [-0.25, -0.2) is 0 Å². The van der Waals surface area contributed by atoms with E-state index in [9.17, 15) is 4.79 Å². The third-order valence-electron chi connectivity index (χ3n) is 3.85. The molecule has 5 nitrogen and oxygen atoms in total. The van der Waals surface area contributed by atoms with Crippen molar-refractivity contribution in [2.24, 2.45) is 16.5 Å². The molecule has 0 aliphatic heterocycles. The Kier molecular flexibility index (Phi) is 4.10. The van der Waals surface area contributed by atoms with Crippen LogP contribution in [0, 0.1) is 0 Å². The number of nitrogens with zero attached hydrogens (tertiary/aromatic N) is 1. The van der Waals surface area contributed by atoms with Crippen molar-refractivity contribution in [3.63, 3.8) is 0 Å². The summed E-state index contributed by atoms with van der Waals surface area (Å²) in [5.41, 5.74) is 13.8. The van der Waals surface area contributed by atoms with Crippen molar-refractivity contribution < 1.29 is 4.79 Å². The summed E-state index contributed by atoms with van der Waals surface area (Å²) >= 11 is 0. The fourth-order valence-corrected chi connectivity index (χ4v) is 2.79. The Balaban J connectivity index is 2.00. The molecule has 5 heteroatoms. The van der Waals surface area contributed by atoms with Gasteiger partial charge in [-0.3, -0.25) is 4.79 Å². The number of guanidine groups is 1. The summed E-state index contributed by atoms with van der Waals surface area (Å²) in [4.78, 5) is 19.4. The zero-order valence-electron chi connectivity index (χ0n) is 12.6. The first kappa shape index (κ1) is 14.8. The molecule has 0 aliphatic carbocycles. The molecule has 116 valence electrons. The van der Waals surface area contributed by atoms with E-state index in [0.717, 1.165) is 22.0 Å². The van der Waals surface area contributed by atoms with Gasteiger partial charge in [0.25, 0.3) is 5.91 Å². The van der Waals surface area contributed by atoms with Crippen molar-refractivity contribution >= 4 is 22.8 Å². The molecular weight excluding hydrogens is 288 g/mol. The molecule has 1 aromatic heterocycles. The molecule has 0 saturated carbocycles. The molecule has 0 aliphatic rings. The second kappa shape index (κ2) is 6.36. The van der Waals surface area contributed by atoms with E-state index in [1.54, 1.807) is 0 Å². The largest absolute Gasteiger partial charge is 0.370 e. The number of nitrogens with two attached hydrogens (primary N) is 2. The lowest BCUT2D eigenvalue weighted by molar-refractivity contribution is -0.119. The van der Waals surface area contributed by atoms with Crippen molar-refractivity contribution in [1.82, 2.24) is 4.98 Å². The SMILES string of the molecule is NC(N)=NC(=O)C(Cc1cccc2[nH]ccc12)c1ccccc1. The lowest BCUT2D eigenvalue weighted by Crippen LogP contribution is -2.26. The van der Waals surface area contributed by atoms with Gasteiger partial charge in [0.2, 0.25) is 0 Å². The van der Waals surface area contributed by atoms with E-state index in [-0.39, 0.29) is 11.9 Å². The minimum Gasteiger partial charge on any atom is -0.370 e. The highest BCUT2D eigenvalue weighted by atomic mass is 16.1. The van der Waals surface area contributed by atoms with E-state index in [1.807, 2.05) is 60.8 Å². The van der Waals surface area contributed by atoms with Gasteiger partial charge >= 0.3 is 0 Å². The number of aromatic nitrogens is 1. The van der Waals surface area contributed by atoms with Crippen LogP contribution >= 0.6 is 0 Å². The van der Waals surface area contributed by atoms with Gasteiger partial charge in [0, 0.05) is 17.1 Å². The van der Waals surface area contributed by atoms with Gasteiger partial charge in [0.15, 0.2) is 5.96 Å². The second-order valence-electron chi connectivity index (χ2n) is 5.40. The number of hydrogen-bond donors (Lipinski definition) is 3. The number of carbonyl (C=O) groups is 1. The summed E-state index contributed by atoms with van der Waals surface area (Å²) in [6.45, 7) is 0. The van der Waals surface area contributed by atoms with Gasteiger partial charge in [0.05, 0.1) is 5.92 Å². The number of benzene rings is 2. The van der Waals surface area contributed by atoms with Crippen LogP contribution in [0.2, 0.25) is 0 Å². The molecule has 2 aromatic carbocycles. The molecule has 0 spiro atoms. The van der Waals surface area contributed by atoms with E-state index in [2.05, 4.69) is 9.98 Å². The number of fused-ring (bicyclic) bond motifs is 1. The van der Waals surface area contributed by atoms with Gasteiger partial charge in [-0.1, -0.05) is 42.5 Å². The molecule has 0 radical (unpaired) electrons. The van der Waals surface area contributed by atoms with Crippen LogP contribution in [0.1, 0.15) is 17.0 Å². The Morgan fingerprint density at radius 3 is 2.57 bits per heavy atom. The van der Waals surface area contributed by atoms with Crippen molar-refractivity contribution in [2.75, 3.05) is 0 Å². The fraction of sp³-hybridized carbons (Fsp3) is 0.111. The molecular formula is C18H18N4O. The summed E-state index contributed by atoms with van der Waals surface area (Å²) in [6.07, 6.45) is 2.43. The van der Waals surface area contributed by atoms with Crippen LogP contribution in [-0.2, 0) is 11.2 Å². The highest BCUT2D eigenvalue weighted by Crippen LogP contribution is 2.26. The Morgan fingerprint density at radius 1 is 1.04 bits per heavy atom. The number of aromatic amines is 1. The molecule has 1 atom stereocenters. The summed E-state index contributed by atoms with van der Waals surface area (Å²) in [6, 6.07) is 17.6. The minimum atomic E-state index is -0.418. The van der Waals surface area contributed by atoms with Gasteiger partial charge in [0.1, 0.15) is 0 Å².